The van der Waals surface area contributed by atoms with E-state index < -0.39 is 0 Å². The fourth-order valence-electron chi connectivity index (χ4n) is 0.940. The topological polar surface area (TPSA) is 52.3 Å². The van der Waals surface area contributed by atoms with Crippen molar-refractivity contribution in [2.45, 2.75) is 32.1 Å². The molecule has 3 nitrogen and oxygen atoms in total. The molecular formula is C9H17NO2. The molecule has 12 heavy (non-hydrogen) atoms. The standard InChI is InChI=1S/C9H17NO2/c1-2-9(11)7-5-3-4-6-8-12-10/h2H,1,3-8,10H2. The monoisotopic (exact) mass is 171 g/mol. The van der Waals surface area contributed by atoms with Gasteiger partial charge in [-0.1, -0.05) is 19.4 Å². The highest BCUT2D eigenvalue weighted by molar-refractivity contribution is 5.88. The molecule has 0 aliphatic carbocycles. The van der Waals surface area contributed by atoms with Crippen LogP contribution in [0.3, 0.4) is 0 Å². The lowest BCUT2D eigenvalue weighted by atomic mass is 10.1. The fraction of sp³-hybridized carbons (Fsp3) is 0.667. The quantitative estimate of drug-likeness (QED) is 0.343. The molecule has 3 heteroatoms. The Morgan fingerprint density at radius 2 is 2.00 bits per heavy atom. The SMILES string of the molecule is C=CC(=O)CCCCCCON. The summed E-state index contributed by atoms with van der Waals surface area (Å²) in [7, 11) is 0. The molecule has 0 bridgehead atoms. The average Bonchev–Trinajstić information content (AvgIpc) is 2.10. The van der Waals surface area contributed by atoms with E-state index in [0.29, 0.717) is 13.0 Å². The maximum absolute atomic E-state index is 10.7. The summed E-state index contributed by atoms with van der Waals surface area (Å²) in [5.74, 6) is 4.98. The molecule has 0 spiro atoms. The molecule has 0 saturated heterocycles. The van der Waals surface area contributed by atoms with Crippen LogP contribution in [0.1, 0.15) is 32.1 Å². The van der Waals surface area contributed by atoms with Gasteiger partial charge in [-0.2, -0.15) is 0 Å². The molecule has 0 fully saturated rings. The number of nitrogens with two attached hydrogens (primary N) is 1. The molecule has 0 saturated carbocycles. The van der Waals surface area contributed by atoms with Crippen LogP contribution in [0, 0.1) is 0 Å². The van der Waals surface area contributed by atoms with Crippen molar-refractivity contribution in [3.05, 3.63) is 12.7 Å². The van der Waals surface area contributed by atoms with E-state index in [4.69, 9.17) is 5.90 Å². The molecule has 0 aromatic heterocycles. The summed E-state index contributed by atoms with van der Waals surface area (Å²) < 4.78 is 0. The zero-order chi connectivity index (χ0) is 9.23. The van der Waals surface area contributed by atoms with Gasteiger partial charge in [-0.25, -0.2) is 5.90 Å². The minimum atomic E-state index is 0.130. The molecule has 0 atom stereocenters. The molecule has 0 aliphatic rings. The first-order chi connectivity index (χ1) is 5.81. The predicted molar refractivity (Wildman–Crippen MR) is 48.4 cm³/mol. The second-order valence-corrected chi connectivity index (χ2v) is 2.71. The van der Waals surface area contributed by atoms with Gasteiger partial charge in [-0.3, -0.25) is 4.79 Å². The second kappa shape index (κ2) is 8.43. The summed E-state index contributed by atoms with van der Waals surface area (Å²) in [4.78, 5) is 15.1. The Morgan fingerprint density at radius 1 is 1.33 bits per heavy atom. The second-order valence-electron chi connectivity index (χ2n) is 2.71. The molecule has 0 heterocycles. The predicted octanol–water partition coefficient (Wildman–Crippen LogP) is 1.58. The summed E-state index contributed by atoms with van der Waals surface area (Å²) in [5, 5.41) is 0. The first-order valence-corrected chi connectivity index (χ1v) is 4.28. The van der Waals surface area contributed by atoms with Crippen LogP contribution >= 0.6 is 0 Å². The van der Waals surface area contributed by atoms with E-state index >= 15 is 0 Å². The fourth-order valence-corrected chi connectivity index (χ4v) is 0.940. The number of carbonyl (C=O) groups excluding carboxylic acids is 1. The summed E-state index contributed by atoms with van der Waals surface area (Å²) in [6.07, 6.45) is 6.04. The Balaban J connectivity index is 3.00. The van der Waals surface area contributed by atoms with Gasteiger partial charge < -0.3 is 4.84 Å². The molecule has 0 aliphatic heterocycles. The highest BCUT2D eigenvalue weighted by atomic mass is 16.6. The summed E-state index contributed by atoms with van der Waals surface area (Å²) >= 11 is 0. The van der Waals surface area contributed by atoms with Crippen LogP contribution in [-0.2, 0) is 9.63 Å². The first kappa shape index (κ1) is 11.3. The van der Waals surface area contributed by atoms with Gasteiger partial charge in [0, 0.05) is 6.42 Å². The molecule has 70 valence electrons. The van der Waals surface area contributed by atoms with Gasteiger partial charge in [0.15, 0.2) is 5.78 Å². The third kappa shape index (κ3) is 7.44. The lowest BCUT2D eigenvalue weighted by Crippen LogP contribution is -2.00. The number of rotatable bonds is 8. The number of hydrogen-bond acceptors (Lipinski definition) is 3. The lowest BCUT2D eigenvalue weighted by Gasteiger charge is -1.98. The molecular weight excluding hydrogens is 154 g/mol. The summed E-state index contributed by atoms with van der Waals surface area (Å²) in [5.41, 5.74) is 0. The number of hydrogen-bond donors (Lipinski definition) is 1. The molecule has 0 radical (unpaired) electrons. The molecule has 0 amide bonds. The van der Waals surface area contributed by atoms with Crippen LogP contribution in [-0.4, -0.2) is 12.4 Å². The van der Waals surface area contributed by atoms with Crippen molar-refractivity contribution in [2.75, 3.05) is 6.61 Å². The van der Waals surface area contributed by atoms with E-state index in [1.54, 1.807) is 0 Å². The van der Waals surface area contributed by atoms with Gasteiger partial charge in [0.25, 0.3) is 0 Å². The highest BCUT2D eigenvalue weighted by Gasteiger charge is 1.95. The summed E-state index contributed by atoms with van der Waals surface area (Å²) in [6.45, 7) is 4.01. The van der Waals surface area contributed by atoms with Crippen LogP contribution in [0.25, 0.3) is 0 Å². The third-order valence-corrected chi connectivity index (χ3v) is 1.66. The van der Waals surface area contributed by atoms with Crippen molar-refractivity contribution in [1.82, 2.24) is 0 Å². The zero-order valence-corrected chi connectivity index (χ0v) is 7.42. The lowest BCUT2D eigenvalue weighted by molar-refractivity contribution is -0.114. The Labute approximate surface area is 73.5 Å². The summed E-state index contributed by atoms with van der Waals surface area (Å²) in [6, 6.07) is 0. The largest absolute Gasteiger partial charge is 0.305 e. The van der Waals surface area contributed by atoms with Crippen molar-refractivity contribution in [3.63, 3.8) is 0 Å². The zero-order valence-electron chi connectivity index (χ0n) is 7.42. The van der Waals surface area contributed by atoms with E-state index in [1.165, 1.54) is 6.08 Å². The highest BCUT2D eigenvalue weighted by Crippen LogP contribution is 2.03. The Hall–Kier alpha value is -0.670. The van der Waals surface area contributed by atoms with E-state index in [2.05, 4.69) is 11.4 Å². The smallest absolute Gasteiger partial charge is 0.155 e. The van der Waals surface area contributed by atoms with Crippen molar-refractivity contribution in [3.8, 4) is 0 Å². The Kier molecular flexibility index (Phi) is 7.96. The van der Waals surface area contributed by atoms with E-state index in [1.807, 2.05) is 0 Å². The van der Waals surface area contributed by atoms with E-state index in [9.17, 15) is 4.79 Å². The van der Waals surface area contributed by atoms with Crippen molar-refractivity contribution in [1.29, 1.82) is 0 Å². The van der Waals surface area contributed by atoms with Crippen molar-refractivity contribution in [2.24, 2.45) is 5.90 Å². The van der Waals surface area contributed by atoms with Gasteiger partial charge in [0.2, 0.25) is 0 Å². The van der Waals surface area contributed by atoms with Gasteiger partial charge in [0.05, 0.1) is 6.61 Å². The van der Waals surface area contributed by atoms with Gasteiger partial charge in [-0.05, 0) is 18.9 Å². The molecule has 2 N–H and O–H groups in total. The van der Waals surface area contributed by atoms with Crippen LogP contribution in [0.2, 0.25) is 0 Å². The number of allylic oxidation sites excluding steroid dienone is 1. The van der Waals surface area contributed by atoms with E-state index in [0.717, 1.165) is 25.7 Å². The third-order valence-electron chi connectivity index (χ3n) is 1.66. The Morgan fingerprint density at radius 3 is 2.58 bits per heavy atom. The molecule has 0 aromatic carbocycles. The van der Waals surface area contributed by atoms with Crippen molar-refractivity contribution < 1.29 is 9.63 Å². The van der Waals surface area contributed by atoms with Crippen LogP contribution in [0.15, 0.2) is 12.7 Å². The first-order valence-electron chi connectivity index (χ1n) is 4.28. The number of unbranched alkanes of at least 4 members (excludes halogenated alkanes) is 3. The molecule has 0 rings (SSSR count). The number of ketones is 1. The van der Waals surface area contributed by atoms with Crippen LogP contribution in [0.4, 0.5) is 0 Å². The van der Waals surface area contributed by atoms with Crippen LogP contribution < -0.4 is 5.90 Å². The minimum absolute atomic E-state index is 0.130. The number of carbonyl (C=O) groups is 1. The van der Waals surface area contributed by atoms with Crippen molar-refractivity contribution >= 4 is 5.78 Å². The van der Waals surface area contributed by atoms with E-state index in [-0.39, 0.29) is 5.78 Å². The maximum Gasteiger partial charge on any atom is 0.155 e. The van der Waals surface area contributed by atoms with Gasteiger partial charge >= 0.3 is 0 Å². The van der Waals surface area contributed by atoms with Gasteiger partial charge in [0.1, 0.15) is 0 Å². The minimum Gasteiger partial charge on any atom is -0.305 e. The normalized spacial score (nSPS) is 9.75. The molecule has 0 aromatic rings. The Bertz CT molecular complexity index is 134. The van der Waals surface area contributed by atoms with Gasteiger partial charge in [-0.15, -0.1) is 0 Å². The average molecular weight is 171 g/mol. The van der Waals surface area contributed by atoms with Crippen LogP contribution in [0.5, 0.6) is 0 Å². The maximum atomic E-state index is 10.7. The molecule has 0 unspecified atom stereocenters.